The molecule has 0 aliphatic heterocycles. The average Bonchev–Trinajstić information content (AvgIpc) is 1.86. The average molecular weight is 138 g/mol. The summed E-state index contributed by atoms with van der Waals surface area (Å²) in [6.45, 7) is 0.135. The lowest BCUT2D eigenvalue weighted by Gasteiger charge is -2.24. The summed E-state index contributed by atoms with van der Waals surface area (Å²) in [5.41, 5.74) is -1.59. The zero-order valence-corrected chi connectivity index (χ0v) is 5.28. The van der Waals surface area contributed by atoms with Crippen molar-refractivity contribution in [3.8, 4) is 0 Å². The maximum Gasteiger partial charge on any atom is 0.113 e. The summed E-state index contributed by atoms with van der Waals surface area (Å²) in [7, 11) is 0. The van der Waals surface area contributed by atoms with Gasteiger partial charge in [0.15, 0.2) is 0 Å². The van der Waals surface area contributed by atoms with Crippen LogP contribution in [-0.4, -0.2) is 45.3 Å². The van der Waals surface area contributed by atoms with Crippen LogP contribution < -0.4 is 0 Å². The molecular weight excluding hydrogens is 126 g/mol. The van der Waals surface area contributed by atoms with Gasteiger partial charge in [-0.15, -0.1) is 0 Å². The Labute approximate surface area is 53.4 Å². The van der Waals surface area contributed by atoms with E-state index in [0.29, 0.717) is 0 Å². The van der Waals surface area contributed by atoms with Gasteiger partial charge in [-0.3, -0.25) is 0 Å². The van der Waals surface area contributed by atoms with E-state index in [1.807, 2.05) is 0 Å². The van der Waals surface area contributed by atoms with Crippen LogP contribution in [0.3, 0.4) is 0 Å². The summed E-state index contributed by atoms with van der Waals surface area (Å²) in [4.78, 5) is 0. The van der Waals surface area contributed by atoms with Crippen molar-refractivity contribution in [2.75, 3.05) is 13.2 Å². The van der Waals surface area contributed by atoms with Gasteiger partial charge in [-0.25, -0.2) is 0 Å². The molecule has 0 unspecified atom stereocenters. The van der Waals surface area contributed by atoms with E-state index in [9.17, 15) is 0 Å². The molecule has 0 spiro atoms. The Hall–Kier alpha value is -0.160. The minimum Gasteiger partial charge on any atom is -0.394 e. The fourth-order valence-electron chi connectivity index (χ4n) is 0.302. The van der Waals surface area contributed by atoms with Crippen LogP contribution in [0.5, 0.6) is 0 Å². The minimum absolute atomic E-state index is 0.548. The molecule has 0 aromatic carbocycles. The predicted octanol–water partition coefficient (Wildman–Crippen LogP) is -1.92. The molecule has 56 valence electrons. The highest BCUT2D eigenvalue weighted by molar-refractivity contribution is 4.79. The van der Waals surface area contributed by atoms with Crippen LogP contribution in [0.2, 0.25) is 0 Å². The van der Waals surface area contributed by atoms with Crippen molar-refractivity contribution in [3.63, 3.8) is 0 Å². The quantitative estimate of drug-likeness (QED) is 0.366. The zero-order chi connectivity index (χ0) is 7.49. The van der Waals surface area contributed by atoms with Gasteiger partial charge in [0, 0.05) is 0 Å². The Bertz CT molecular complexity index is 81.0. The Morgan fingerprint density at radius 1 is 1.44 bits per heavy atom. The van der Waals surface area contributed by atoms with Gasteiger partial charge >= 0.3 is 0 Å². The van der Waals surface area contributed by atoms with E-state index in [-0.39, 0.29) is 0 Å². The van der Waals surface area contributed by atoms with Gasteiger partial charge in [0.25, 0.3) is 0 Å². The van der Waals surface area contributed by atoms with E-state index in [1.54, 1.807) is 0 Å². The number of hydrogen-bond acceptors (Lipinski definition) is 4. The van der Waals surface area contributed by atoms with E-state index in [4.69, 9.17) is 20.4 Å². The number of aliphatic hydroxyl groups is 4. The van der Waals surface area contributed by atoms with E-state index in [2.05, 4.69) is 0 Å². The first kappa shape index (κ1) is 8.84. The lowest BCUT2D eigenvalue weighted by Crippen LogP contribution is -2.44. The van der Waals surface area contributed by atoms with Gasteiger partial charge in [0.1, 0.15) is 11.7 Å². The molecule has 2 atom stereocenters. The lowest BCUT2D eigenvalue weighted by molar-refractivity contribution is -0.108. The first-order valence-electron chi connectivity index (χ1n) is 2.66. The van der Waals surface area contributed by atoms with Gasteiger partial charge in [0.05, 0.1) is 13.2 Å². The van der Waals surface area contributed by atoms with Crippen molar-refractivity contribution in [1.29, 1.82) is 0 Å². The molecule has 0 rings (SSSR count). The monoisotopic (exact) mass is 138 g/mol. The van der Waals surface area contributed by atoms with Crippen LogP contribution in [-0.2, 0) is 0 Å². The van der Waals surface area contributed by atoms with Crippen LogP contribution in [0, 0.1) is 0 Å². The van der Waals surface area contributed by atoms with Crippen LogP contribution in [0.25, 0.3) is 0 Å². The first-order chi connectivity index (χ1) is 4.04. The molecule has 0 bridgehead atoms. The highest BCUT2D eigenvalue weighted by Crippen LogP contribution is 2.06. The summed E-state index contributed by atoms with van der Waals surface area (Å²) in [6.07, 6.45) is -1.28. The van der Waals surface area contributed by atoms with Crippen LogP contribution in [0.4, 0.5) is 0 Å². The van der Waals surface area contributed by atoms with Crippen LogP contribution in [0.15, 0.2) is 0 Å². The van der Waals surface area contributed by atoms with Crippen molar-refractivity contribution in [2.45, 2.75) is 18.6 Å². The molecule has 0 aromatic heterocycles. The van der Waals surface area contributed by atoms with Gasteiger partial charge < -0.3 is 20.4 Å². The van der Waals surface area contributed by atoms with E-state index in [0.717, 1.165) is 0 Å². The molecule has 0 fully saturated rings. The summed E-state index contributed by atoms with van der Waals surface area (Å²) in [6, 6.07) is 0. The number of hydrogen-bond donors (Lipinski definition) is 4. The van der Waals surface area contributed by atoms with Crippen LogP contribution >= 0.6 is 0 Å². The van der Waals surface area contributed by atoms with Crippen molar-refractivity contribution < 1.29 is 20.4 Å². The number of aliphatic hydroxyl groups excluding tert-OH is 3. The van der Waals surface area contributed by atoms with Gasteiger partial charge in [0.2, 0.25) is 0 Å². The smallest absolute Gasteiger partial charge is 0.113 e. The molecular formula is C5H12O4. The minimum atomic E-state index is -1.59. The summed E-state index contributed by atoms with van der Waals surface area (Å²) >= 11 is 0. The molecule has 4 nitrogen and oxygen atoms in total. The van der Waals surface area contributed by atoms with Gasteiger partial charge in [-0.2, -0.15) is 0 Å². The zero-order valence-electron chi connectivity index (χ0n) is 5.28. The van der Waals surface area contributed by atoms with Crippen molar-refractivity contribution >= 4 is 0 Å². The molecule has 4 heteroatoms. The fraction of sp³-hybridized carbons (Fsp3) is 1.00. The molecule has 0 amide bonds. The molecule has 0 aliphatic rings. The summed E-state index contributed by atoms with van der Waals surface area (Å²) in [5, 5.41) is 34.3. The molecule has 4 N–H and O–H groups in total. The van der Waals surface area contributed by atoms with E-state index >= 15 is 0 Å². The van der Waals surface area contributed by atoms with Crippen molar-refractivity contribution in [1.82, 2.24) is 0 Å². The second-order valence-electron chi connectivity index (χ2n) is 2.21. The highest BCUT2D eigenvalue weighted by atomic mass is 16.4. The Morgan fingerprint density at radius 3 is 2.00 bits per heavy atom. The second kappa shape index (κ2) is 3.12. The summed E-state index contributed by atoms with van der Waals surface area (Å²) in [5.74, 6) is 0. The van der Waals surface area contributed by atoms with Crippen molar-refractivity contribution in [2.24, 2.45) is 0 Å². The Morgan fingerprint density at radius 2 is 1.89 bits per heavy atom. The van der Waals surface area contributed by atoms with E-state index in [1.165, 1.54) is 6.92 Å². The predicted molar refractivity (Wildman–Crippen MR) is 30.8 cm³/mol. The third kappa shape index (κ3) is 2.28. The molecule has 0 saturated heterocycles. The third-order valence-electron chi connectivity index (χ3n) is 1.21. The largest absolute Gasteiger partial charge is 0.394 e. The van der Waals surface area contributed by atoms with Crippen molar-refractivity contribution in [3.05, 3.63) is 0 Å². The third-order valence-corrected chi connectivity index (χ3v) is 1.21. The molecule has 0 aliphatic carbocycles. The standard InChI is InChI=1S/C5H12O4/c1-5(9,3-7)4(8)2-6/h4,6-9H,2-3H2,1H3/t4-,5+/m1/s1/i1+2. The van der Waals surface area contributed by atoms with E-state index < -0.39 is 24.9 Å². The molecule has 0 heterocycles. The molecule has 0 saturated carbocycles. The number of rotatable bonds is 3. The maximum absolute atomic E-state index is 8.93. The summed E-state index contributed by atoms with van der Waals surface area (Å²) < 4.78 is 0. The normalized spacial score (nSPS) is 21.0. The molecule has 0 aromatic rings. The molecule has 9 heavy (non-hydrogen) atoms. The van der Waals surface area contributed by atoms with Crippen LogP contribution in [0.1, 0.15) is 6.92 Å². The molecule has 0 radical (unpaired) electrons. The fourth-order valence-corrected chi connectivity index (χ4v) is 0.302. The Kier molecular flexibility index (Phi) is 3.07. The topological polar surface area (TPSA) is 80.9 Å². The second-order valence-corrected chi connectivity index (χ2v) is 2.21. The lowest BCUT2D eigenvalue weighted by atomic mass is 10.1. The SMILES string of the molecule is [14CH3][C@](O)(CO)[C@H](O)CO. The van der Waals surface area contributed by atoms with Gasteiger partial charge in [-0.05, 0) is 6.92 Å². The maximum atomic E-state index is 8.93. The van der Waals surface area contributed by atoms with Gasteiger partial charge in [-0.1, -0.05) is 0 Å². The first-order valence-corrected chi connectivity index (χ1v) is 2.66. The highest BCUT2D eigenvalue weighted by Gasteiger charge is 2.28. The Balaban J connectivity index is 3.80.